The van der Waals surface area contributed by atoms with Crippen LogP contribution in [-0.2, 0) is 11.3 Å². The molecule has 3 heterocycles. The summed E-state index contributed by atoms with van der Waals surface area (Å²) in [5.41, 5.74) is 1.99. The van der Waals surface area contributed by atoms with E-state index in [9.17, 15) is 9.59 Å². The quantitative estimate of drug-likeness (QED) is 0.546. The zero-order chi connectivity index (χ0) is 19.5. The first-order valence-electron chi connectivity index (χ1n) is 8.64. The van der Waals surface area contributed by atoms with E-state index in [4.69, 9.17) is 0 Å². The monoisotopic (exact) mass is 391 g/mol. The molecule has 0 unspecified atom stereocenters. The van der Waals surface area contributed by atoms with Crippen molar-refractivity contribution < 1.29 is 4.79 Å². The Hall–Kier alpha value is -3.52. The van der Waals surface area contributed by atoms with Gasteiger partial charge in [0, 0.05) is 22.6 Å². The number of H-pyrrole nitrogens is 1. The lowest BCUT2D eigenvalue weighted by atomic mass is 10.1. The van der Waals surface area contributed by atoms with Gasteiger partial charge in [-0.15, -0.1) is 11.3 Å². The Bertz CT molecular complexity index is 1180. The predicted molar refractivity (Wildman–Crippen MR) is 109 cm³/mol. The number of benzene rings is 1. The number of nitrogens with zero attached hydrogens (tertiary/aromatic N) is 3. The summed E-state index contributed by atoms with van der Waals surface area (Å²) in [5.74, 6) is 0.0264. The molecule has 0 atom stereocenters. The number of aryl methyl sites for hydroxylation is 1. The van der Waals surface area contributed by atoms with Gasteiger partial charge >= 0.3 is 0 Å². The Morgan fingerprint density at radius 1 is 1.14 bits per heavy atom. The number of nitrogens with one attached hydrogen (secondary N) is 2. The van der Waals surface area contributed by atoms with Crippen LogP contribution >= 0.6 is 11.3 Å². The van der Waals surface area contributed by atoms with Gasteiger partial charge in [-0.2, -0.15) is 10.2 Å². The molecule has 2 N–H and O–H groups in total. The third kappa shape index (κ3) is 3.91. The van der Waals surface area contributed by atoms with Crippen molar-refractivity contribution in [1.29, 1.82) is 0 Å². The number of hydrogen-bond acceptors (Lipinski definition) is 5. The molecule has 0 radical (unpaired) electrons. The molecule has 0 saturated carbocycles. The lowest BCUT2D eigenvalue weighted by Crippen LogP contribution is -2.29. The molecule has 0 spiro atoms. The van der Waals surface area contributed by atoms with Gasteiger partial charge in [0.25, 0.3) is 5.56 Å². The summed E-state index contributed by atoms with van der Waals surface area (Å²) in [6.07, 6.45) is 0. The van der Waals surface area contributed by atoms with E-state index in [1.807, 2.05) is 49.4 Å². The van der Waals surface area contributed by atoms with Crippen LogP contribution in [0.1, 0.15) is 4.88 Å². The number of anilines is 1. The largest absolute Gasteiger partial charge is 0.308 e. The normalized spacial score (nSPS) is 10.8. The number of carbonyl (C=O) groups excluding carboxylic acids is 1. The SMILES string of the molecule is Cc1ccc(-c2cc(NC(=O)Cn3nc(-c4ccccc4)ccc3=O)n[nH]2)s1. The predicted octanol–water partition coefficient (Wildman–Crippen LogP) is 3.31. The van der Waals surface area contributed by atoms with E-state index in [1.54, 1.807) is 23.5 Å². The van der Waals surface area contributed by atoms with Crippen LogP contribution in [0.25, 0.3) is 21.8 Å². The second kappa shape index (κ2) is 7.61. The molecule has 28 heavy (non-hydrogen) atoms. The van der Waals surface area contributed by atoms with Gasteiger partial charge in [0.05, 0.1) is 16.3 Å². The molecule has 0 fully saturated rings. The Balaban J connectivity index is 1.48. The zero-order valence-electron chi connectivity index (χ0n) is 15.0. The first-order chi connectivity index (χ1) is 13.6. The molecule has 0 aliphatic rings. The van der Waals surface area contributed by atoms with Gasteiger partial charge in [-0.25, -0.2) is 4.68 Å². The van der Waals surface area contributed by atoms with E-state index >= 15 is 0 Å². The smallest absolute Gasteiger partial charge is 0.267 e. The Kier molecular flexibility index (Phi) is 4.86. The molecule has 140 valence electrons. The minimum absolute atomic E-state index is 0.195. The van der Waals surface area contributed by atoms with Crippen LogP contribution in [0, 0.1) is 6.92 Å². The molecule has 0 bridgehead atoms. The van der Waals surface area contributed by atoms with Crippen molar-refractivity contribution in [3.05, 3.63) is 75.9 Å². The molecule has 0 aliphatic carbocycles. The highest BCUT2D eigenvalue weighted by molar-refractivity contribution is 7.15. The van der Waals surface area contributed by atoms with E-state index in [-0.39, 0.29) is 18.0 Å². The molecule has 0 aliphatic heterocycles. The Morgan fingerprint density at radius 3 is 2.71 bits per heavy atom. The lowest BCUT2D eigenvalue weighted by molar-refractivity contribution is -0.117. The standard InChI is InChI=1S/C20H17N5O2S/c1-13-7-9-17(28-13)16-11-18(23-22-16)21-19(26)12-25-20(27)10-8-15(24-25)14-5-3-2-4-6-14/h2-11H,12H2,1H3,(H2,21,22,23,26). The summed E-state index contributed by atoms with van der Waals surface area (Å²) in [6.45, 7) is 1.83. The van der Waals surface area contributed by atoms with Crippen molar-refractivity contribution >= 4 is 23.1 Å². The molecular weight excluding hydrogens is 374 g/mol. The van der Waals surface area contributed by atoms with Gasteiger partial charge in [-0.3, -0.25) is 14.7 Å². The van der Waals surface area contributed by atoms with Crippen molar-refractivity contribution in [2.45, 2.75) is 13.5 Å². The first kappa shape index (κ1) is 17.9. The maximum atomic E-state index is 12.4. The Morgan fingerprint density at radius 2 is 1.96 bits per heavy atom. The molecule has 3 aromatic heterocycles. The number of hydrogen-bond donors (Lipinski definition) is 2. The fourth-order valence-electron chi connectivity index (χ4n) is 2.73. The van der Waals surface area contributed by atoms with Gasteiger partial charge < -0.3 is 5.32 Å². The fraction of sp³-hybridized carbons (Fsp3) is 0.100. The van der Waals surface area contributed by atoms with Crippen molar-refractivity contribution in [2.24, 2.45) is 0 Å². The van der Waals surface area contributed by atoms with Crippen molar-refractivity contribution in [2.75, 3.05) is 5.32 Å². The van der Waals surface area contributed by atoms with E-state index in [1.165, 1.54) is 10.9 Å². The number of rotatable bonds is 5. The fourth-order valence-corrected chi connectivity index (χ4v) is 3.57. The highest BCUT2D eigenvalue weighted by Crippen LogP contribution is 2.27. The zero-order valence-corrected chi connectivity index (χ0v) is 15.9. The van der Waals surface area contributed by atoms with E-state index < -0.39 is 0 Å². The third-order valence-corrected chi connectivity index (χ3v) is 5.11. The van der Waals surface area contributed by atoms with Gasteiger partial charge in [0.2, 0.25) is 5.91 Å². The third-order valence-electron chi connectivity index (χ3n) is 4.08. The van der Waals surface area contributed by atoms with Crippen LogP contribution in [0.4, 0.5) is 5.82 Å². The number of amides is 1. The maximum Gasteiger partial charge on any atom is 0.267 e. The molecule has 4 aromatic rings. The molecule has 1 aromatic carbocycles. The van der Waals surface area contributed by atoms with Gasteiger partial charge in [-0.05, 0) is 25.1 Å². The molecule has 0 saturated heterocycles. The van der Waals surface area contributed by atoms with E-state index in [2.05, 4.69) is 20.6 Å². The second-order valence-corrected chi connectivity index (χ2v) is 7.49. The number of carbonyl (C=O) groups is 1. The van der Waals surface area contributed by atoms with Crippen LogP contribution < -0.4 is 10.9 Å². The summed E-state index contributed by atoms with van der Waals surface area (Å²) >= 11 is 1.64. The molecular formula is C20H17N5O2S. The maximum absolute atomic E-state index is 12.4. The van der Waals surface area contributed by atoms with Crippen LogP contribution in [0.3, 0.4) is 0 Å². The summed E-state index contributed by atoms with van der Waals surface area (Å²) < 4.78 is 1.15. The molecule has 7 nitrogen and oxygen atoms in total. The van der Waals surface area contributed by atoms with E-state index in [0.29, 0.717) is 11.5 Å². The number of aromatic nitrogens is 4. The highest BCUT2D eigenvalue weighted by Gasteiger charge is 2.11. The van der Waals surface area contributed by atoms with Gasteiger partial charge in [0.15, 0.2) is 5.82 Å². The second-order valence-electron chi connectivity index (χ2n) is 6.21. The summed E-state index contributed by atoms with van der Waals surface area (Å²) in [5, 5.41) is 14.0. The van der Waals surface area contributed by atoms with Gasteiger partial charge in [-0.1, -0.05) is 30.3 Å². The number of aromatic amines is 1. The summed E-state index contributed by atoms with van der Waals surface area (Å²) in [4.78, 5) is 26.7. The van der Waals surface area contributed by atoms with Crippen molar-refractivity contribution in [3.8, 4) is 21.8 Å². The van der Waals surface area contributed by atoms with Crippen LogP contribution in [-0.4, -0.2) is 25.9 Å². The van der Waals surface area contributed by atoms with Crippen LogP contribution in [0.2, 0.25) is 0 Å². The summed E-state index contributed by atoms with van der Waals surface area (Å²) in [6, 6.07) is 18.3. The molecule has 4 rings (SSSR count). The molecule has 1 amide bonds. The molecule has 8 heteroatoms. The van der Waals surface area contributed by atoms with Gasteiger partial charge in [0.1, 0.15) is 6.54 Å². The minimum atomic E-state index is -0.375. The minimum Gasteiger partial charge on any atom is -0.308 e. The average molecular weight is 391 g/mol. The van der Waals surface area contributed by atoms with E-state index in [0.717, 1.165) is 20.8 Å². The van der Waals surface area contributed by atoms with Crippen LogP contribution in [0.15, 0.2) is 65.5 Å². The van der Waals surface area contributed by atoms with Crippen molar-refractivity contribution in [1.82, 2.24) is 20.0 Å². The summed E-state index contributed by atoms with van der Waals surface area (Å²) in [7, 11) is 0. The average Bonchev–Trinajstić information content (AvgIpc) is 3.33. The lowest BCUT2D eigenvalue weighted by Gasteiger charge is -2.07. The topological polar surface area (TPSA) is 92.7 Å². The Labute approximate surface area is 164 Å². The van der Waals surface area contributed by atoms with Crippen LogP contribution in [0.5, 0.6) is 0 Å². The highest BCUT2D eigenvalue weighted by atomic mass is 32.1. The van der Waals surface area contributed by atoms with Crippen molar-refractivity contribution in [3.63, 3.8) is 0 Å². The number of thiophene rings is 1. The first-order valence-corrected chi connectivity index (χ1v) is 9.46.